The quantitative estimate of drug-likeness (QED) is 0.373. The van der Waals surface area contributed by atoms with Crippen LogP contribution in [0.1, 0.15) is 11.1 Å². The standard InChI is InChI=1S/C11H11N3O3/c1-7-3-4-10-8(5-7)9(6-12-15)11(13(10)2)14(16)17/h3-6,15H,1-2H3. The summed E-state index contributed by atoms with van der Waals surface area (Å²) < 4.78 is 1.48. The van der Waals surface area contributed by atoms with Crippen LogP contribution in [0.15, 0.2) is 23.4 Å². The maximum Gasteiger partial charge on any atom is 0.332 e. The molecule has 1 aromatic heterocycles. The molecule has 6 nitrogen and oxygen atoms in total. The van der Waals surface area contributed by atoms with Crippen LogP contribution in [-0.4, -0.2) is 20.9 Å². The molecule has 17 heavy (non-hydrogen) atoms. The molecule has 6 heteroatoms. The van der Waals surface area contributed by atoms with Crippen LogP contribution < -0.4 is 0 Å². The van der Waals surface area contributed by atoms with Crippen molar-refractivity contribution < 1.29 is 10.1 Å². The van der Waals surface area contributed by atoms with Crippen LogP contribution in [-0.2, 0) is 7.05 Å². The molecule has 0 spiro atoms. The molecule has 88 valence electrons. The molecule has 0 bridgehead atoms. The number of hydrogen-bond acceptors (Lipinski definition) is 4. The molecule has 0 aliphatic carbocycles. The van der Waals surface area contributed by atoms with E-state index in [1.54, 1.807) is 7.05 Å². The monoisotopic (exact) mass is 233 g/mol. The lowest BCUT2D eigenvalue weighted by Gasteiger charge is -1.95. The minimum atomic E-state index is -0.480. The fourth-order valence-electron chi connectivity index (χ4n) is 1.98. The second-order valence-electron chi connectivity index (χ2n) is 3.82. The van der Waals surface area contributed by atoms with E-state index in [1.165, 1.54) is 4.57 Å². The van der Waals surface area contributed by atoms with Crippen molar-refractivity contribution in [2.24, 2.45) is 12.2 Å². The lowest BCUT2D eigenvalue weighted by atomic mass is 10.1. The first-order valence-electron chi connectivity index (χ1n) is 4.97. The second kappa shape index (κ2) is 3.89. The first-order chi connectivity index (χ1) is 8.06. The van der Waals surface area contributed by atoms with Gasteiger partial charge in [0.2, 0.25) is 0 Å². The molecule has 0 aliphatic heterocycles. The minimum Gasteiger partial charge on any atom is -0.411 e. The van der Waals surface area contributed by atoms with E-state index in [0.717, 1.165) is 17.3 Å². The van der Waals surface area contributed by atoms with Gasteiger partial charge in [0.25, 0.3) is 0 Å². The number of aromatic nitrogens is 1. The summed E-state index contributed by atoms with van der Waals surface area (Å²) >= 11 is 0. The predicted molar refractivity (Wildman–Crippen MR) is 63.7 cm³/mol. The zero-order chi connectivity index (χ0) is 12.6. The highest BCUT2D eigenvalue weighted by molar-refractivity contribution is 6.03. The molecule has 0 fully saturated rings. The Bertz CT molecular complexity index is 628. The number of nitrogens with zero attached hydrogens (tertiary/aromatic N) is 3. The molecular weight excluding hydrogens is 222 g/mol. The first-order valence-corrected chi connectivity index (χ1v) is 4.97. The minimum absolute atomic E-state index is 0.0802. The number of fused-ring (bicyclic) bond motifs is 1. The van der Waals surface area contributed by atoms with Gasteiger partial charge in [-0.1, -0.05) is 16.8 Å². The van der Waals surface area contributed by atoms with Crippen molar-refractivity contribution in [3.05, 3.63) is 39.4 Å². The van der Waals surface area contributed by atoms with E-state index in [4.69, 9.17) is 5.21 Å². The van der Waals surface area contributed by atoms with Gasteiger partial charge in [-0.3, -0.25) is 0 Å². The molecule has 0 aliphatic rings. The molecule has 2 aromatic rings. The van der Waals surface area contributed by atoms with Crippen LogP contribution >= 0.6 is 0 Å². The van der Waals surface area contributed by atoms with Gasteiger partial charge in [0, 0.05) is 5.39 Å². The van der Waals surface area contributed by atoms with Crippen molar-refractivity contribution in [3.63, 3.8) is 0 Å². The van der Waals surface area contributed by atoms with Gasteiger partial charge in [-0.15, -0.1) is 0 Å². The summed E-state index contributed by atoms with van der Waals surface area (Å²) in [6, 6.07) is 5.53. The van der Waals surface area contributed by atoms with Gasteiger partial charge < -0.3 is 15.3 Å². The molecule has 0 unspecified atom stereocenters. The van der Waals surface area contributed by atoms with E-state index < -0.39 is 4.92 Å². The number of oxime groups is 1. The van der Waals surface area contributed by atoms with Crippen LogP contribution in [0.4, 0.5) is 5.82 Å². The average molecular weight is 233 g/mol. The Morgan fingerprint density at radius 3 is 2.82 bits per heavy atom. The fourth-order valence-corrected chi connectivity index (χ4v) is 1.98. The number of rotatable bonds is 2. The maximum atomic E-state index is 11.0. The normalized spacial score (nSPS) is 11.4. The van der Waals surface area contributed by atoms with Crippen LogP contribution in [0.5, 0.6) is 0 Å². The van der Waals surface area contributed by atoms with Gasteiger partial charge in [0.15, 0.2) is 0 Å². The number of nitro groups is 1. The molecule has 1 heterocycles. The molecule has 1 aromatic carbocycles. The van der Waals surface area contributed by atoms with Crippen LogP contribution in [0.2, 0.25) is 0 Å². The van der Waals surface area contributed by atoms with E-state index >= 15 is 0 Å². The first kappa shape index (κ1) is 11.1. The van der Waals surface area contributed by atoms with Crippen molar-refractivity contribution in [2.75, 3.05) is 0 Å². The largest absolute Gasteiger partial charge is 0.411 e. The van der Waals surface area contributed by atoms with Gasteiger partial charge in [-0.2, -0.15) is 0 Å². The van der Waals surface area contributed by atoms with Crippen molar-refractivity contribution >= 4 is 22.9 Å². The van der Waals surface area contributed by atoms with E-state index in [0.29, 0.717) is 10.9 Å². The van der Waals surface area contributed by atoms with Crippen LogP contribution in [0.3, 0.4) is 0 Å². The van der Waals surface area contributed by atoms with Gasteiger partial charge >= 0.3 is 5.82 Å². The number of hydrogen-bond donors (Lipinski definition) is 1. The zero-order valence-electron chi connectivity index (χ0n) is 9.41. The second-order valence-corrected chi connectivity index (χ2v) is 3.82. The molecule has 1 N–H and O–H groups in total. The molecule has 0 saturated heterocycles. The highest BCUT2D eigenvalue weighted by atomic mass is 16.6. The highest BCUT2D eigenvalue weighted by Gasteiger charge is 2.23. The fraction of sp³-hybridized carbons (Fsp3) is 0.182. The van der Waals surface area contributed by atoms with Crippen molar-refractivity contribution in [2.45, 2.75) is 6.92 Å². The lowest BCUT2D eigenvalue weighted by molar-refractivity contribution is -0.391. The Balaban J connectivity index is 2.93. The Kier molecular flexibility index (Phi) is 2.55. The van der Waals surface area contributed by atoms with Gasteiger partial charge in [-0.25, -0.2) is 4.57 Å². The van der Waals surface area contributed by atoms with Crippen LogP contribution in [0, 0.1) is 17.0 Å². The van der Waals surface area contributed by atoms with E-state index in [9.17, 15) is 10.1 Å². The van der Waals surface area contributed by atoms with Crippen molar-refractivity contribution in [1.82, 2.24) is 4.57 Å². The van der Waals surface area contributed by atoms with Crippen molar-refractivity contribution in [1.29, 1.82) is 0 Å². The van der Waals surface area contributed by atoms with E-state index in [-0.39, 0.29) is 5.82 Å². The molecule has 0 radical (unpaired) electrons. The smallest absolute Gasteiger partial charge is 0.332 e. The average Bonchev–Trinajstić information content (AvgIpc) is 2.52. The van der Waals surface area contributed by atoms with Crippen molar-refractivity contribution in [3.8, 4) is 0 Å². The SMILES string of the molecule is Cc1ccc2c(c1)c(C=NO)c([N+](=O)[O-])n2C. The van der Waals surface area contributed by atoms with E-state index in [1.807, 2.05) is 25.1 Å². The third-order valence-electron chi connectivity index (χ3n) is 2.72. The maximum absolute atomic E-state index is 11.0. The van der Waals surface area contributed by atoms with Gasteiger partial charge in [-0.05, 0) is 24.0 Å². The summed E-state index contributed by atoms with van der Waals surface area (Å²) in [5, 5.41) is 23.2. The zero-order valence-corrected chi connectivity index (χ0v) is 9.41. The third kappa shape index (κ3) is 1.63. The lowest BCUT2D eigenvalue weighted by Crippen LogP contribution is -1.99. The summed E-state index contributed by atoms with van der Waals surface area (Å²) in [6.45, 7) is 1.90. The Labute approximate surface area is 96.9 Å². The summed E-state index contributed by atoms with van der Waals surface area (Å²) in [5.74, 6) is -0.0802. The summed E-state index contributed by atoms with van der Waals surface area (Å²) in [6.07, 6.45) is 1.10. The van der Waals surface area contributed by atoms with Crippen LogP contribution in [0.25, 0.3) is 10.9 Å². The third-order valence-corrected chi connectivity index (χ3v) is 2.72. The topological polar surface area (TPSA) is 80.7 Å². The van der Waals surface area contributed by atoms with Gasteiger partial charge in [0.1, 0.15) is 11.1 Å². The molecule has 0 atom stereocenters. The Hall–Kier alpha value is -2.37. The molecule has 0 saturated carbocycles. The number of aryl methyl sites for hydroxylation is 2. The predicted octanol–water partition coefficient (Wildman–Crippen LogP) is 2.20. The van der Waals surface area contributed by atoms with E-state index in [2.05, 4.69) is 5.16 Å². The molecular formula is C11H11N3O3. The number of benzene rings is 1. The summed E-state index contributed by atoms with van der Waals surface area (Å²) in [5.41, 5.74) is 2.04. The molecule has 2 rings (SSSR count). The highest BCUT2D eigenvalue weighted by Crippen LogP contribution is 2.30. The Morgan fingerprint density at radius 2 is 2.24 bits per heavy atom. The van der Waals surface area contributed by atoms with Gasteiger partial charge in [0.05, 0.1) is 13.3 Å². The summed E-state index contributed by atoms with van der Waals surface area (Å²) in [4.78, 5) is 10.5. The summed E-state index contributed by atoms with van der Waals surface area (Å²) in [7, 11) is 1.62. The Morgan fingerprint density at radius 1 is 1.53 bits per heavy atom. The molecule has 0 amide bonds.